The molecule has 0 aliphatic carbocycles. The molecule has 1 N–H and O–H groups in total. The minimum absolute atomic E-state index is 0.322. The molecule has 0 amide bonds. The van der Waals surface area contributed by atoms with E-state index in [9.17, 15) is 9.90 Å². The summed E-state index contributed by atoms with van der Waals surface area (Å²) in [5.41, 5.74) is 3.06. The molecule has 0 radical (unpaired) electrons. The lowest BCUT2D eigenvalue weighted by atomic mass is 9.99. The van der Waals surface area contributed by atoms with Crippen LogP contribution in [0.1, 0.15) is 29.3 Å². The average molecular weight is 270 g/mol. The first-order valence-electron chi connectivity index (χ1n) is 6.71. The lowest BCUT2D eigenvalue weighted by molar-refractivity contribution is 0.0697. The molecule has 0 bridgehead atoms. The second-order valence-corrected chi connectivity index (χ2v) is 4.60. The van der Waals surface area contributed by atoms with Gasteiger partial charge in [0.05, 0.1) is 12.2 Å². The van der Waals surface area contributed by atoms with E-state index < -0.39 is 5.97 Å². The fraction of sp³-hybridized carbons (Fsp3) is 0.235. The van der Waals surface area contributed by atoms with Gasteiger partial charge in [-0.3, -0.25) is 0 Å². The van der Waals surface area contributed by atoms with Gasteiger partial charge >= 0.3 is 5.97 Å². The predicted molar refractivity (Wildman–Crippen MR) is 78.8 cm³/mol. The van der Waals surface area contributed by atoms with Crippen molar-refractivity contribution in [3.05, 3.63) is 59.7 Å². The van der Waals surface area contributed by atoms with Crippen LogP contribution in [0.15, 0.2) is 48.5 Å². The second kappa shape index (κ2) is 6.87. The number of ether oxygens (including phenoxy) is 1. The zero-order valence-electron chi connectivity index (χ0n) is 11.5. The van der Waals surface area contributed by atoms with Crippen LogP contribution in [0.3, 0.4) is 0 Å². The Kier molecular flexibility index (Phi) is 4.91. The molecule has 2 aromatic rings. The quantitative estimate of drug-likeness (QED) is 0.808. The predicted octanol–water partition coefficient (Wildman–Crippen LogP) is 3.98. The molecule has 104 valence electrons. The summed E-state index contributed by atoms with van der Waals surface area (Å²) in [6.07, 6.45) is 1.00. The summed E-state index contributed by atoms with van der Waals surface area (Å²) in [5.74, 6) is -0.907. The third-order valence-corrected chi connectivity index (χ3v) is 3.04. The highest BCUT2D eigenvalue weighted by Gasteiger charge is 2.10. The van der Waals surface area contributed by atoms with Gasteiger partial charge in [-0.05, 0) is 29.2 Å². The maximum absolute atomic E-state index is 11.2. The number of carboxylic acids is 1. The van der Waals surface area contributed by atoms with Crippen LogP contribution >= 0.6 is 0 Å². The van der Waals surface area contributed by atoms with Crippen LogP contribution in [0.4, 0.5) is 0 Å². The Labute approximate surface area is 118 Å². The summed E-state index contributed by atoms with van der Waals surface area (Å²) in [5, 5.41) is 9.20. The maximum Gasteiger partial charge on any atom is 0.336 e. The SMILES string of the molecule is CCCOCc1ccc(-c2ccccc2C(=O)O)cc1. The van der Waals surface area contributed by atoms with Crippen molar-refractivity contribution in [2.45, 2.75) is 20.0 Å². The third-order valence-electron chi connectivity index (χ3n) is 3.04. The van der Waals surface area contributed by atoms with E-state index in [1.165, 1.54) is 0 Å². The van der Waals surface area contributed by atoms with Crippen LogP contribution < -0.4 is 0 Å². The van der Waals surface area contributed by atoms with Gasteiger partial charge in [0.2, 0.25) is 0 Å². The normalized spacial score (nSPS) is 10.4. The fourth-order valence-corrected chi connectivity index (χ4v) is 2.04. The minimum Gasteiger partial charge on any atom is -0.478 e. The summed E-state index contributed by atoms with van der Waals surface area (Å²) in [7, 11) is 0. The van der Waals surface area contributed by atoms with Crippen LogP contribution in [-0.2, 0) is 11.3 Å². The van der Waals surface area contributed by atoms with Crippen molar-refractivity contribution >= 4 is 5.97 Å². The van der Waals surface area contributed by atoms with Gasteiger partial charge in [0.25, 0.3) is 0 Å². The van der Waals surface area contributed by atoms with E-state index in [1.54, 1.807) is 12.1 Å². The number of carboxylic acid groups (broad SMARTS) is 1. The molecular formula is C17H18O3. The molecular weight excluding hydrogens is 252 g/mol. The van der Waals surface area contributed by atoms with Crippen LogP contribution in [0.2, 0.25) is 0 Å². The van der Waals surface area contributed by atoms with E-state index in [2.05, 4.69) is 6.92 Å². The molecule has 0 saturated heterocycles. The lowest BCUT2D eigenvalue weighted by Crippen LogP contribution is -1.99. The summed E-state index contributed by atoms with van der Waals surface area (Å²) in [6, 6.07) is 14.9. The molecule has 0 fully saturated rings. The van der Waals surface area contributed by atoms with Crippen molar-refractivity contribution < 1.29 is 14.6 Å². The summed E-state index contributed by atoms with van der Waals surface area (Å²) in [4.78, 5) is 11.2. The Bertz CT molecular complexity index is 573. The third kappa shape index (κ3) is 3.45. The second-order valence-electron chi connectivity index (χ2n) is 4.60. The monoisotopic (exact) mass is 270 g/mol. The van der Waals surface area contributed by atoms with Gasteiger partial charge in [-0.25, -0.2) is 4.79 Å². The maximum atomic E-state index is 11.2. The van der Waals surface area contributed by atoms with E-state index in [0.717, 1.165) is 29.7 Å². The van der Waals surface area contributed by atoms with Crippen molar-refractivity contribution in [2.75, 3.05) is 6.61 Å². The first-order valence-corrected chi connectivity index (χ1v) is 6.71. The summed E-state index contributed by atoms with van der Waals surface area (Å²) < 4.78 is 5.48. The van der Waals surface area contributed by atoms with Crippen LogP contribution in [0.25, 0.3) is 11.1 Å². The number of rotatable bonds is 6. The van der Waals surface area contributed by atoms with E-state index in [0.29, 0.717) is 12.2 Å². The zero-order valence-corrected chi connectivity index (χ0v) is 11.5. The van der Waals surface area contributed by atoms with Crippen LogP contribution in [-0.4, -0.2) is 17.7 Å². The van der Waals surface area contributed by atoms with E-state index in [1.807, 2.05) is 36.4 Å². The van der Waals surface area contributed by atoms with Gasteiger partial charge in [0, 0.05) is 6.61 Å². The fourth-order valence-electron chi connectivity index (χ4n) is 2.04. The van der Waals surface area contributed by atoms with Gasteiger partial charge in [0.1, 0.15) is 0 Å². The first-order chi connectivity index (χ1) is 9.72. The molecule has 0 aliphatic rings. The van der Waals surface area contributed by atoms with E-state index in [4.69, 9.17) is 4.74 Å². The highest BCUT2D eigenvalue weighted by Crippen LogP contribution is 2.24. The van der Waals surface area contributed by atoms with Crippen molar-refractivity contribution in [1.29, 1.82) is 0 Å². The molecule has 0 atom stereocenters. The standard InChI is InChI=1S/C17H18O3/c1-2-11-20-12-13-7-9-14(10-8-13)15-5-3-4-6-16(15)17(18)19/h3-10H,2,11-12H2,1H3,(H,18,19). The van der Waals surface area contributed by atoms with Gasteiger partial charge in [-0.15, -0.1) is 0 Å². The van der Waals surface area contributed by atoms with Crippen LogP contribution in [0.5, 0.6) is 0 Å². The number of hydrogen-bond donors (Lipinski definition) is 1. The Morgan fingerprint density at radius 3 is 2.45 bits per heavy atom. The molecule has 0 aliphatic heterocycles. The van der Waals surface area contributed by atoms with Gasteiger partial charge in [-0.1, -0.05) is 49.4 Å². The van der Waals surface area contributed by atoms with Crippen molar-refractivity contribution in [3.63, 3.8) is 0 Å². The summed E-state index contributed by atoms with van der Waals surface area (Å²) >= 11 is 0. The highest BCUT2D eigenvalue weighted by atomic mass is 16.5. The zero-order chi connectivity index (χ0) is 14.4. The number of hydrogen-bond acceptors (Lipinski definition) is 2. The van der Waals surface area contributed by atoms with Gasteiger partial charge in [-0.2, -0.15) is 0 Å². The molecule has 0 aromatic heterocycles. The molecule has 3 heteroatoms. The molecule has 0 unspecified atom stereocenters. The largest absolute Gasteiger partial charge is 0.478 e. The van der Waals surface area contributed by atoms with E-state index >= 15 is 0 Å². The Morgan fingerprint density at radius 2 is 1.80 bits per heavy atom. The number of aromatic carboxylic acids is 1. The average Bonchev–Trinajstić information content (AvgIpc) is 2.48. The first kappa shape index (κ1) is 14.3. The Morgan fingerprint density at radius 1 is 1.10 bits per heavy atom. The van der Waals surface area contributed by atoms with Gasteiger partial charge < -0.3 is 9.84 Å². The molecule has 0 saturated carbocycles. The highest BCUT2D eigenvalue weighted by molar-refractivity contribution is 5.95. The van der Waals surface area contributed by atoms with Gasteiger partial charge in [0.15, 0.2) is 0 Å². The Hall–Kier alpha value is -2.13. The number of benzene rings is 2. The van der Waals surface area contributed by atoms with E-state index in [-0.39, 0.29) is 0 Å². The topological polar surface area (TPSA) is 46.5 Å². The van der Waals surface area contributed by atoms with Crippen molar-refractivity contribution in [3.8, 4) is 11.1 Å². The number of carbonyl (C=O) groups is 1. The molecule has 2 rings (SSSR count). The molecule has 2 aromatic carbocycles. The Balaban J connectivity index is 2.20. The molecule has 0 heterocycles. The van der Waals surface area contributed by atoms with Crippen LogP contribution in [0, 0.1) is 0 Å². The molecule has 20 heavy (non-hydrogen) atoms. The molecule has 3 nitrogen and oxygen atoms in total. The van der Waals surface area contributed by atoms with Crippen molar-refractivity contribution in [2.24, 2.45) is 0 Å². The smallest absolute Gasteiger partial charge is 0.336 e. The molecule has 0 spiro atoms. The van der Waals surface area contributed by atoms with Crippen molar-refractivity contribution in [1.82, 2.24) is 0 Å². The minimum atomic E-state index is -0.907. The summed E-state index contributed by atoms with van der Waals surface area (Å²) in [6.45, 7) is 3.42. The lowest BCUT2D eigenvalue weighted by Gasteiger charge is -2.08.